The molecule has 122 valence electrons. The molecule has 3 aromatic rings. The summed E-state index contributed by atoms with van der Waals surface area (Å²) < 4.78 is 0. The van der Waals surface area contributed by atoms with Crippen molar-refractivity contribution in [2.24, 2.45) is 0 Å². The molecule has 1 saturated carbocycles. The third-order valence-corrected chi connectivity index (χ3v) is 5.20. The molecule has 5 rings (SSSR count). The molecule has 5 nitrogen and oxygen atoms in total. The Hall–Kier alpha value is -2.40. The van der Waals surface area contributed by atoms with Gasteiger partial charge in [0.05, 0.1) is 11.3 Å². The van der Waals surface area contributed by atoms with E-state index in [0.29, 0.717) is 12.5 Å². The third-order valence-electron chi connectivity index (χ3n) is 5.20. The number of para-hydroxylation sites is 1. The molecule has 0 amide bonds. The molecule has 24 heavy (non-hydrogen) atoms. The summed E-state index contributed by atoms with van der Waals surface area (Å²) in [7, 11) is 0. The zero-order chi connectivity index (χ0) is 16.1. The van der Waals surface area contributed by atoms with Crippen molar-refractivity contribution in [1.29, 1.82) is 0 Å². The van der Waals surface area contributed by atoms with Crippen LogP contribution in [0.2, 0.25) is 0 Å². The molecule has 1 aromatic carbocycles. The van der Waals surface area contributed by atoms with E-state index in [2.05, 4.69) is 39.3 Å². The zero-order valence-electron chi connectivity index (χ0n) is 13.5. The number of H-pyrrole nitrogens is 2. The van der Waals surface area contributed by atoms with Gasteiger partial charge in [-0.3, -0.25) is 9.69 Å². The zero-order valence-corrected chi connectivity index (χ0v) is 13.5. The molecular formula is C19H20N4O. The maximum Gasteiger partial charge on any atom is 0.255 e. The number of fused-ring (bicyclic) bond motifs is 2. The lowest BCUT2D eigenvalue weighted by atomic mass is 10.1. The van der Waals surface area contributed by atoms with Gasteiger partial charge in [-0.2, -0.15) is 0 Å². The van der Waals surface area contributed by atoms with E-state index in [0.717, 1.165) is 49.4 Å². The Kier molecular flexibility index (Phi) is 3.10. The number of aromatic amines is 2. The van der Waals surface area contributed by atoms with Crippen LogP contribution in [-0.4, -0.2) is 26.4 Å². The third kappa shape index (κ3) is 2.36. The highest BCUT2D eigenvalue weighted by atomic mass is 16.1. The molecule has 2 aliphatic rings. The topological polar surface area (TPSA) is 64.8 Å². The number of hydrogen-bond donors (Lipinski definition) is 2. The first-order chi connectivity index (χ1) is 11.8. The molecule has 0 spiro atoms. The summed E-state index contributed by atoms with van der Waals surface area (Å²) in [6.07, 6.45) is 5.27. The van der Waals surface area contributed by atoms with Gasteiger partial charge in [-0.25, -0.2) is 4.98 Å². The van der Waals surface area contributed by atoms with E-state index in [1.54, 1.807) is 0 Å². The van der Waals surface area contributed by atoms with Crippen LogP contribution in [0.15, 0.2) is 35.3 Å². The Balaban J connectivity index is 1.41. The summed E-state index contributed by atoms with van der Waals surface area (Å²) in [6.45, 7) is 2.49. The lowest BCUT2D eigenvalue weighted by Crippen LogP contribution is -2.35. The van der Waals surface area contributed by atoms with E-state index in [-0.39, 0.29) is 5.56 Å². The molecule has 5 heteroatoms. The van der Waals surface area contributed by atoms with E-state index >= 15 is 0 Å². The van der Waals surface area contributed by atoms with Crippen LogP contribution in [0.4, 0.5) is 0 Å². The number of nitrogens with one attached hydrogen (secondary N) is 2. The highest BCUT2D eigenvalue weighted by molar-refractivity contribution is 5.82. The summed E-state index contributed by atoms with van der Waals surface area (Å²) in [5, 5.41) is 1.26. The molecule has 0 bridgehead atoms. The van der Waals surface area contributed by atoms with Gasteiger partial charge in [0.25, 0.3) is 5.56 Å². The highest BCUT2D eigenvalue weighted by Crippen LogP contribution is 2.37. The first-order valence-electron chi connectivity index (χ1n) is 8.67. The Labute approximate surface area is 139 Å². The molecule has 2 N–H and O–H groups in total. The second-order valence-corrected chi connectivity index (χ2v) is 6.97. The van der Waals surface area contributed by atoms with Crippen molar-refractivity contribution in [3.05, 3.63) is 63.5 Å². The van der Waals surface area contributed by atoms with Gasteiger partial charge in [0.15, 0.2) is 0 Å². The van der Waals surface area contributed by atoms with Crippen LogP contribution < -0.4 is 5.56 Å². The van der Waals surface area contributed by atoms with Crippen molar-refractivity contribution in [3.63, 3.8) is 0 Å². The van der Waals surface area contributed by atoms with E-state index in [1.807, 2.05) is 6.07 Å². The molecule has 1 aliphatic carbocycles. The summed E-state index contributed by atoms with van der Waals surface area (Å²) in [4.78, 5) is 25.9. The number of nitrogens with zero attached hydrogens (tertiary/aromatic N) is 2. The first-order valence-corrected chi connectivity index (χ1v) is 8.67. The highest BCUT2D eigenvalue weighted by Gasteiger charge is 2.29. The maximum absolute atomic E-state index is 12.4. The van der Waals surface area contributed by atoms with Crippen LogP contribution in [0, 0.1) is 0 Å². The van der Waals surface area contributed by atoms with Crippen molar-refractivity contribution in [2.45, 2.75) is 38.3 Å². The van der Waals surface area contributed by atoms with Crippen LogP contribution in [0.1, 0.15) is 41.4 Å². The SMILES string of the molecule is O=c1[nH]c(C2CC2)nc2c1CN(Cc1c[nH]c3ccccc13)CC2. The Bertz CT molecular complexity index is 967. The fourth-order valence-electron chi connectivity index (χ4n) is 3.69. The summed E-state index contributed by atoms with van der Waals surface area (Å²) >= 11 is 0. The van der Waals surface area contributed by atoms with Gasteiger partial charge in [0, 0.05) is 49.1 Å². The standard InChI is InChI=1S/C19H20N4O/c24-19-15-11-23(8-7-17(15)21-18(22-19)12-5-6-12)10-13-9-20-16-4-2-1-3-14(13)16/h1-4,9,12,20H,5-8,10-11H2,(H,21,22,24). The molecule has 3 heterocycles. The molecule has 0 unspecified atom stereocenters. The lowest BCUT2D eigenvalue weighted by Gasteiger charge is -2.27. The minimum Gasteiger partial charge on any atom is -0.361 e. The van der Waals surface area contributed by atoms with Crippen molar-refractivity contribution < 1.29 is 0 Å². The quantitative estimate of drug-likeness (QED) is 0.780. The number of aromatic nitrogens is 3. The lowest BCUT2D eigenvalue weighted by molar-refractivity contribution is 0.242. The average molecular weight is 320 g/mol. The van der Waals surface area contributed by atoms with Crippen molar-refractivity contribution in [1.82, 2.24) is 19.9 Å². The fourth-order valence-corrected chi connectivity index (χ4v) is 3.69. The molecule has 0 radical (unpaired) electrons. The molecule has 2 aromatic heterocycles. The molecular weight excluding hydrogens is 300 g/mol. The van der Waals surface area contributed by atoms with Gasteiger partial charge in [0.1, 0.15) is 5.82 Å². The number of benzene rings is 1. The van der Waals surface area contributed by atoms with Gasteiger partial charge in [-0.15, -0.1) is 0 Å². The van der Waals surface area contributed by atoms with E-state index in [4.69, 9.17) is 4.98 Å². The van der Waals surface area contributed by atoms with Gasteiger partial charge in [-0.05, 0) is 24.5 Å². The van der Waals surface area contributed by atoms with Gasteiger partial charge in [-0.1, -0.05) is 18.2 Å². The van der Waals surface area contributed by atoms with Crippen molar-refractivity contribution >= 4 is 10.9 Å². The first kappa shape index (κ1) is 14.0. The van der Waals surface area contributed by atoms with Gasteiger partial charge in [0.2, 0.25) is 0 Å². The van der Waals surface area contributed by atoms with Crippen LogP contribution >= 0.6 is 0 Å². The Morgan fingerprint density at radius 2 is 2.12 bits per heavy atom. The van der Waals surface area contributed by atoms with Crippen LogP contribution in [-0.2, 0) is 19.5 Å². The minimum atomic E-state index is 0.0607. The summed E-state index contributed by atoms with van der Waals surface area (Å²) in [5.74, 6) is 1.40. The Morgan fingerprint density at radius 1 is 1.25 bits per heavy atom. The van der Waals surface area contributed by atoms with Gasteiger partial charge >= 0.3 is 0 Å². The second kappa shape index (κ2) is 5.31. The molecule has 1 fully saturated rings. The largest absolute Gasteiger partial charge is 0.361 e. The molecule has 0 saturated heterocycles. The molecule has 1 aliphatic heterocycles. The predicted molar refractivity (Wildman–Crippen MR) is 92.9 cm³/mol. The Morgan fingerprint density at radius 3 is 3.00 bits per heavy atom. The van der Waals surface area contributed by atoms with Crippen molar-refractivity contribution in [2.75, 3.05) is 6.54 Å². The number of hydrogen-bond acceptors (Lipinski definition) is 3. The van der Waals surface area contributed by atoms with E-state index < -0.39 is 0 Å². The smallest absolute Gasteiger partial charge is 0.255 e. The second-order valence-electron chi connectivity index (χ2n) is 6.97. The van der Waals surface area contributed by atoms with Crippen LogP contribution in [0.3, 0.4) is 0 Å². The molecule has 0 atom stereocenters. The maximum atomic E-state index is 12.4. The minimum absolute atomic E-state index is 0.0607. The van der Waals surface area contributed by atoms with E-state index in [1.165, 1.54) is 16.5 Å². The average Bonchev–Trinajstić information content (AvgIpc) is 3.38. The fraction of sp³-hybridized carbons (Fsp3) is 0.368. The number of rotatable bonds is 3. The normalized spacial score (nSPS) is 18.0. The van der Waals surface area contributed by atoms with E-state index in [9.17, 15) is 4.79 Å². The van der Waals surface area contributed by atoms with Crippen molar-refractivity contribution in [3.8, 4) is 0 Å². The van der Waals surface area contributed by atoms with Crippen LogP contribution in [0.5, 0.6) is 0 Å². The van der Waals surface area contributed by atoms with Crippen LogP contribution in [0.25, 0.3) is 10.9 Å². The van der Waals surface area contributed by atoms with Gasteiger partial charge < -0.3 is 9.97 Å². The summed E-state index contributed by atoms with van der Waals surface area (Å²) in [5.41, 5.74) is 4.37. The predicted octanol–water partition coefficient (Wildman–Crippen LogP) is 2.69. The monoisotopic (exact) mass is 320 g/mol. The summed E-state index contributed by atoms with van der Waals surface area (Å²) in [6, 6.07) is 8.36.